The van der Waals surface area contributed by atoms with Crippen LogP contribution in [0.3, 0.4) is 0 Å². The first-order chi connectivity index (χ1) is 12.6. The zero-order valence-corrected chi connectivity index (χ0v) is 13.3. The van der Waals surface area contributed by atoms with Crippen molar-refractivity contribution >= 4 is 0 Å². The van der Waals surface area contributed by atoms with Crippen molar-refractivity contribution in [2.75, 3.05) is 0 Å². The van der Waals surface area contributed by atoms with Crippen molar-refractivity contribution in [1.82, 2.24) is 10.2 Å². The predicted octanol–water partition coefficient (Wildman–Crippen LogP) is 3.57. The molecule has 1 aliphatic rings. The second kappa shape index (κ2) is 6.01. The molecule has 128 valence electrons. The van der Waals surface area contributed by atoms with Crippen LogP contribution in [0, 0.1) is 23.0 Å². The number of nitrogens with two attached hydrogens (primary N) is 1. The number of benzene rings is 2. The fraction of sp³-hybridized carbons (Fsp3) is 0.0526. The summed E-state index contributed by atoms with van der Waals surface area (Å²) in [7, 11) is 0. The third kappa shape index (κ3) is 2.48. The van der Waals surface area contributed by atoms with Crippen molar-refractivity contribution in [3.8, 4) is 23.2 Å². The lowest BCUT2D eigenvalue weighted by atomic mass is 9.83. The highest BCUT2D eigenvalue weighted by Gasteiger charge is 2.35. The van der Waals surface area contributed by atoms with Crippen molar-refractivity contribution in [2.45, 2.75) is 5.92 Å². The Morgan fingerprint density at radius 1 is 1.04 bits per heavy atom. The Labute approximate surface area is 147 Å². The fourth-order valence-corrected chi connectivity index (χ4v) is 3.07. The minimum absolute atomic E-state index is 0.0496. The minimum Gasteiger partial charge on any atom is -0.420 e. The monoisotopic (exact) mass is 350 g/mol. The molecule has 4 rings (SSSR count). The van der Waals surface area contributed by atoms with Crippen LogP contribution < -0.4 is 10.5 Å². The van der Waals surface area contributed by atoms with Gasteiger partial charge in [0.05, 0.1) is 17.2 Å². The summed E-state index contributed by atoms with van der Waals surface area (Å²) in [6.07, 6.45) is 0. The van der Waals surface area contributed by atoms with Crippen LogP contribution in [-0.4, -0.2) is 10.2 Å². The van der Waals surface area contributed by atoms with Crippen molar-refractivity contribution < 1.29 is 13.5 Å². The molecule has 3 N–H and O–H groups in total. The first-order valence-corrected chi connectivity index (χ1v) is 7.75. The van der Waals surface area contributed by atoms with Crippen LogP contribution in [0.1, 0.15) is 17.0 Å². The number of nitrogens with one attached hydrogen (secondary N) is 1. The summed E-state index contributed by atoms with van der Waals surface area (Å²) in [5.41, 5.74) is 8.60. The number of nitriles is 1. The summed E-state index contributed by atoms with van der Waals surface area (Å²) in [6.45, 7) is 0. The highest BCUT2D eigenvalue weighted by Crippen LogP contribution is 2.45. The summed E-state index contributed by atoms with van der Waals surface area (Å²) in [6, 6.07) is 13.7. The molecule has 1 atom stereocenters. The van der Waals surface area contributed by atoms with Gasteiger partial charge in [-0.1, -0.05) is 12.1 Å². The molecule has 5 nitrogen and oxygen atoms in total. The number of allylic oxidation sites excluding steroid dienone is 1. The predicted molar refractivity (Wildman–Crippen MR) is 89.7 cm³/mol. The fourth-order valence-electron chi connectivity index (χ4n) is 3.07. The van der Waals surface area contributed by atoms with Gasteiger partial charge in [-0.2, -0.15) is 5.26 Å². The van der Waals surface area contributed by atoms with Crippen molar-refractivity contribution in [3.05, 3.63) is 82.7 Å². The molecule has 0 amide bonds. The summed E-state index contributed by atoms with van der Waals surface area (Å²) < 4.78 is 32.1. The van der Waals surface area contributed by atoms with Crippen LogP contribution in [0.25, 0.3) is 11.3 Å². The van der Waals surface area contributed by atoms with Crippen molar-refractivity contribution in [2.24, 2.45) is 5.73 Å². The molecule has 2 aromatic carbocycles. The van der Waals surface area contributed by atoms with Crippen LogP contribution in [0.2, 0.25) is 0 Å². The molecule has 1 aliphatic heterocycles. The van der Waals surface area contributed by atoms with Gasteiger partial charge in [0.1, 0.15) is 23.3 Å². The van der Waals surface area contributed by atoms with E-state index in [0.29, 0.717) is 22.4 Å². The van der Waals surface area contributed by atoms with Crippen molar-refractivity contribution in [3.63, 3.8) is 0 Å². The molecule has 3 aromatic rings. The van der Waals surface area contributed by atoms with Gasteiger partial charge in [-0.25, -0.2) is 8.78 Å². The zero-order valence-electron chi connectivity index (χ0n) is 13.3. The first-order valence-electron chi connectivity index (χ1n) is 7.75. The number of halogens is 2. The second-order valence-corrected chi connectivity index (χ2v) is 5.80. The number of aromatic amines is 1. The molecule has 0 saturated heterocycles. The molecule has 0 bridgehead atoms. The largest absolute Gasteiger partial charge is 0.420 e. The van der Waals surface area contributed by atoms with E-state index in [4.69, 9.17) is 10.5 Å². The lowest BCUT2D eigenvalue weighted by Gasteiger charge is -2.24. The Morgan fingerprint density at radius 2 is 1.65 bits per heavy atom. The van der Waals surface area contributed by atoms with Gasteiger partial charge < -0.3 is 10.5 Å². The highest BCUT2D eigenvalue weighted by atomic mass is 19.1. The van der Waals surface area contributed by atoms with E-state index in [2.05, 4.69) is 16.3 Å². The molecule has 7 heteroatoms. The number of aromatic nitrogens is 2. The number of fused-ring (bicyclic) bond motifs is 1. The molecule has 0 fully saturated rings. The van der Waals surface area contributed by atoms with Gasteiger partial charge in [-0.05, 0) is 42.0 Å². The molecule has 1 aromatic heterocycles. The Kier molecular flexibility index (Phi) is 3.66. The summed E-state index contributed by atoms with van der Waals surface area (Å²) in [5.74, 6) is -1.15. The highest BCUT2D eigenvalue weighted by molar-refractivity contribution is 5.70. The number of hydrogen-bond donors (Lipinski definition) is 2. The molecule has 2 heterocycles. The van der Waals surface area contributed by atoms with E-state index in [1.807, 2.05) is 0 Å². The van der Waals surface area contributed by atoms with E-state index in [-0.39, 0.29) is 29.0 Å². The average molecular weight is 350 g/mol. The Hall–Kier alpha value is -3.66. The molecule has 0 unspecified atom stereocenters. The van der Waals surface area contributed by atoms with Crippen LogP contribution in [0.15, 0.2) is 60.0 Å². The third-order valence-corrected chi connectivity index (χ3v) is 4.28. The lowest BCUT2D eigenvalue weighted by Crippen LogP contribution is -2.21. The maximum Gasteiger partial charge on any atom is 0.244 e. The molecule has 0 radical (unpaired) electrons. The van der Waals surface area contributed by atoms with E-state index in [9.17, 15) is 14.0 Å². The molecule has 0 aliphatic carbocycles. The lowest BCUT2D eigenvalue weighted by molar-refractivity contribution is 0.379. The van der Waals surface area contributed by atoms with Crippen LogP contribution in [0.5, 0.6) is 5.88 Å². The number of hydrogen-bond acceptors (Lipinski definition) is 4. The molecule has 0 saturated carbocycles. The molecule has 26 heavy (non-hydrogen) atoms. The third-order valence-electron chi connectivity index (χ3n) is 4.28. The Balaban J connectivity index is 1.93. The van der Waals surface area contributed by atoms with Gasteiger partial charge in [0, 0.05) is 5.56 Å². The van der Waals surface area contributed by atoms with Crippen LogP contribution in [-0.2, 0) is 0 Å². The summed E-state index contributed by atoms with van der Waals surface area (Å²) in [5, 5.41) is 16.6. The molecule has 0 spiro atoms. The number of nitrogens with zero attached hydrogens (tertiary/aromatic N) is 2. The number of H-pyrrole nitrogens is 1. The molecular formula is C19H12F2N4O. The maximum absolute atomic E-state index is 13.3. The first kappa shape index (κ1) is 15.8. The van der Waals surface area contributed by atoms with Gasteiger partial charge >= 0.3 is 0 Å². The SMILES string of the molecule is N#CC1=C(N)Oc2n[nH]c(-c3ccc(F)cc3)c2[C@H]1c1ccc(F)cc1. The standard InChI is InChI=1S/C19H12F2N4O/c20-12-5-1-10(2-6-12)15-14(9-22)18(23)26-19-16(15)17(24-25-19)11-3-7-13(21)8-4-11/h1-8,15H,23H2,(H,24,25)/t15-/m0/s1. The van der Waals surface area contributed by atoms with E-state index < -0.39 is 5.92 Å². The summed E-state index contributed by atoms with van der Waals surface area (Å²) >= 11 is 0. The van der Waals surface area contributed by atoms with Crippen LogP contribution >= 0.6 is 0 Å². The number of ether oxygens (including phenoxy) is 1. The Bertz CT molecular complexity index is 1050. The van der Waals surface area contributed by atoms with E-state index in [1.54, 1.807) is 24.3 Å². The quantitative estimate of drug-likeness (QED) is 0.739. The average Bonchev–Trinajstić information content (AvgIpc) is 3.05. The number of rotatable bonds is 2. The van der Waals surface area contributed by atoms with E-state index >= 15 is 0 Å². The second-order valence-electron chi connectivity index (χ2n) is 5.80. The van der Waals surface area contributed by atoms with Gasteiger partial charge in [0.25, 0.3) is 0 Å². The zero-order chi connectivity index (χ0) is 18.3. The van der Waals surface area contributed by atoms with Gasteiger partial charge in [0.15, 0.2) is 0 Å². The molecular weight excluding hydrogens is 338 g/mol. The van der Waals surface area contributed by atoms with Gasteiger partial charge in [-0.3, -0.25) is 5.10 Å². The maximum atomic E-state index is 13.3. The van der Waals surface area contributed by atoms with Gasteiger partial charge in [0.2, 0.25) is 11.8 Å². The summed E-state index contributed by atoms with van der Waals surface area (Å²) in [4.78, 5) is 0. The minimum atomic E-state index is -0.580. The van der Waals surface area contributed by atoms with Gasteiger partial charge in [-0.15, -0.1) is 5.10 Å². The smallest absolute Gasteiger partial charge is 0.244 e. The van der Waals surface area contributed by atoms with E-state index in [0.717, 1.165) is 0 Å². The topological polar surface area (TPSA) is 87.7 Å². The Morgan fingerprint density at radius 3 is 2.27 bits per heavy atom. The van der Waals surface area contributed by atoms with Crippen molar-refractivity contribution in [1.29, 1.82) is 5.26 Å². The van der Waals surface area contributed by atoms with Crippen LogP contribution in [0.4, 0.5) is 8.78 Å². The normalized spacial score (nSPS) is 16.0. The van der Waals surface area contributed by atoms with E-state index in [1.165, 1.54) is 24.3 Å².